The minimum absolute atomic E-state index is 0.242. The first kappa shape index (κ1) is 20.0. The van der Waals surface area contributed by atoms with E-state index in [4.69, 9.17) is 9.47 Å². The van der Waals surface area contributed by atoms with Gasteiger partial charge >= 0.3 is 0 Å². The van der Waals surface area contributed by atoms with E-state index < -0.39 is 0 Å². The van der Waals surface area contributed by atoms with Crippen LogP contribution in [0.2, 0.25) is 0 Å². The molecule has 8 heteroatoms. The lowest BCUT2D eigenvalue weighted by atomic mass is 10.2. The maximum Gasteiger partial charge on any atom is 0.134 e. The summed E-state index contributed by atoms with van der Waals surface area (Å²) in [7, 11) is 7.70. The standard InChI is InChI=1S/C19H29N5O2S/c1-23(2)9-15-6-16(26-4)10-24(15)19-7-18(21-13-22-19)20-8-17-5-14(11-25-3)12-27-17/h5,7,12-13,15-16H,6,8-11H2,1-4H3,(H,20,21,22)/t15-,16-/m0/s1. The maximum atomic E-state index is 5.60. The molecule has 0 aromatic carbocycles. The number of methoxy groups -OCH3 is 2. The summed E-state index contributed by atoms with van der Waals surface area (Å²) >= 11 is 1.73. The van der Waals surface area contributed by atoms with Crippen LogP contribution in [-0.2, 0) is 22.6 Å². The van der Waals surface area contributed by atoms with Gasteiger partial charge in [0.05, 0.1) is 19.3 Å². The number of anilines is 2. The van der Waals surface area contributed by atoms with Gasteiger partial charge in [-0.25, -0.2) is 9.97 Å². The van der Waals surface area contributed by atoms with Gasteiger partial charge < -0.3 is 24.6 Å². The molecule has 1 N–H and O–H groups in total. The van der Waals surface area contributed by atoms with Crippen LogP contribution >= 0.6 is 11.3 Å². The average Bonchev–Trinajstić information content (AvgIpc) is 3.27. The molecule has 1 fully saturated rings. The number of nitrogens with zero attached hydrogens (tertiary/aromatic N) is 4. The monoisotopic (exact) mass is 391 g/mol. The Morgan fingerprint density at radius 2 is 2.15 bits per heavy atom. The van der Waals surface area contributed by atoms with Crippen LogP contribution in [0, 0.1) is 0 Å². The zero-order chi connectivity index (χ0) is 19.2. The average molecular weight is 392 g/mol. The number of hydrogen-bond donors (Lipinski definition) is 1. The van der Waals surface area contributed by atoms with Crippen molar-refractivity contribution in [3.05, 3.63) is 34.3 Å². The summed E-state index contributed by atoms with van der Waals surface area (Å²) in [6, 6.07) is 4.59. The summed E-state index contributed by atoms with van der Waals surface area (Å²) in [6.07, 6.45) is 2.89. The third-order valence-electron chi connectivity index (χ3n) is 4.70. The number of nitrogens with one attached hydrogen (secondary N) is 1. The summed E-state index contributed by atoms with van der Waals surface area (Å²) in [4.78, 5) is 14.7. The first-order chi connectivity index (χ1) is 13.1. The second-order valence-electron chi connectivity index (χ2n) is 7.13. The second kappa shape index (κ2) is 9.45. The molecular weight excluding hydrogens is 362 g/mol. The molecule has 0 saturated carbocycles. The zero-order valence-corrected chi connectivity index (χ0v) is 17.3. The van der Waals surface area contributed by atoms with Crippen LogP contribution < -0.4 is 10.2 Å². The molecule has 1 saturated heterocycles. The summed E-state index contributed by atoms with van der Waals surface area (Å²) in [5.41, 5.74) is 1.21. The molecule has 3 heterocycles. The van der Waals surface area contributed by atoms with Crippen LogP contribution in [0.15, 0.2) is 23.8 Å². The Labute approximate surface area is 165 Å². The first-order valence-corrected chi connectivity index (χ1v) is 10.0. The molecule has 0 radical (unpaired) electrons. The van der Waals surface area contributed by atoms with Gasteiger partial charge in [-0.15, -0.1) is 11.3 Å². The van der Waals surface area contributed by atoms with Crippen LogP contribution in [0.1, 0.15) is 16.9 Å². The predicted octanol–water partition coefficient (Wildman–Crippen LogP) is 2.45. The molecule has 1 aliphatic rings. The molecule has 0 bridgehead atoms. The van der Waals surface area contributed by atoms with Crippen molar-refractivity contribution in [3.8, 4) is 0 Å². The van der Waals surface area contributed by atoms with Crippen molar-refractivity contribution in [1.29, 1.82) is 0 Å². The number of rotatable bonds is 9. The SMILES string of the molecule is COCc1csc(CNc2cc(N3C[C@@H](OC)C[C@H]3CN(C)C)ncn2)c1. The number of likely N-dealkylation sites (N-methyl/N-ethyl adjacent to an activating group) is 1. The Balaban J connectivity index is 1.66. The van der Waals surface area contributed by atoms with Crippen LogP contribution in [0.25, 0.3) is 0 Å². The lowest BCUT2D eigenvalue weighted by Crippen LogP contribution is -2.38. The van der Waals surface area contributed by atoms with Gasteiger partial charge in [-0.05, 0) is 37.5 Å². The Hall–Kier alpha value is -1.74. The fraction of sp³-hybridized carbons (Fsp3) is 0.579. The highest BCUT2D eigenvalue weighted by Crippen LogP contribution is 2.27. The highest BCUT2D eigenvalue weighted by Gasteiger charge is 2.33. The van der Waals surface area contributed by atoms with E-state index in [2.05, 4.69) is 50.6 Å². The Kier molecular flexibility index (Phi) is 7.01. The van der Waals surface area contributed by atoms with Gasteiger partial charge in [-0.1, -0.05) is 0 Å². The van der Waals surface area contributed by atoms with Gasteiger partial charge in [0.15, 0.2) is 0 Å². The zero-order valence-electron chi connectivity index (χ0n) is 16.5. The fourth-order valence-corrected chi connectivity index (χ4v) is 4.27. The van der Waals surface area contributed by atoms with Gasteiger partial charge in [0, 0.05) is 44.3 Å². The number of hydrogen-bond acceptors (Lipinski definition) is 8. The Bertz CT molecular complexity index is 724. The quantitative estimate of drug-likeness (QED) is 0.704. The van der Waals surface area contributed by atoms with E-state index >= 15 is 0 Å². The molecule has 0 aliphatic carbocycles. The summed E-state index contributed by atoms with van der Waals surface area (Å²) in [5, 5.41) is 5.54. The van der Waals surface area contributed by atoms with Crippen molar-refractivity contribution in [2.75, 3.05) is 51.6 Å². The smallest absolute Gasteiger partial charge is 0.134 e. The highest BCUT2D eigenvalue weighted by molar-refractivity contribution is 7.10. The van der Waals surface area contributed by atoms with Crippen LogP contribution in [0.5, 0.6) is 0 Å². The van der Waals surface area contributed by atoms with E-state index in [1.54, 1.807) is 31.9 Å². The van der Waals surface area contributed by atoms with Crippen molar-refractivity contribution in [2.45, 2.75) is 31.7 Å². The van der Waals surface area contributed by atoms with Gasteiger partial charge in [0.25, 0.3) is 0 Å². The molecular formula is C19H29N5O2S. The molecule has 0 unspecified atom stereocenters. The number of aromatic nitrogens is 2. The van der Waals surface area contributed by atoms with E-state index in [1.165, 1.54) is 10.4 Å². The molecule has 0 spiro atoms. The molecule has 7 nitrogen and oxygen atoms in total. The maximum absolute atomic E-state index is 5.60. The molecule has 3 rings (SSSR count). The first-order valence-electron chi connectivity index (χ1n) is 9.14. The summed E-state index contributed by atoms with van der Waals surface area (Å²) < 4.78 is 10.8. The topological polar surface area (TPSA) is 62.8 Å². The lowest BCUT2D eigenvalue weighted by Gasteiger charge is -2.27. The van der Waals surface area contributed by atoms with Gasteiger partial charge in [-0.2, -0.15) is 0 Å². The minimum Gasteiger partial charge on any atom is -0.380 e. The third kappa shape index (κ3) is 5.38. The van der Waals surface area contributed by atoms with Crippen molar-refractivity contribution >= 4 is 23.0 Å². The van der Waals surface area contributed by atoms with E-state index in [0.29, 0.717) is 12.6 Å². The van der Waals surface area contributed by atoms with Crippen LogP contribution in [-0.4, -0.2) is 68.4 Å². The van der Waals surface area contributed by atoms with E-state index in [1.807, 2.05) is 6.07 Å². The van der Waals surface area contributed by atoms with E-state index in [0.717, 1.165) is 37.7 Å². The normalized spacial score (nSPS) is 19.8. The molecule has 0 amide bonds. The fourth-order valence-electron chi connectivity index (χ4n) is 3.46. The van der Waals surface area contributed by atoms with Crippen molar-refractivity contribution < 1.29 is 9.47 Å². The Morgan fingerprint density at radius 3 is 2.89 bits per heavy atom. The summed E-state index contributed by atoms with van der Waals surface area (Å²) in [5.74, 6) is 1.79. The second-order valence-corrected chi connectivity index (χ2v) is 8.13. The molecule has 2 aromatic rings. The Morgan fingerprint density at radius 1 is 1.30 bits per heavy atom. The van der Waals surface area contributed by atoms with Gasteiger partial charge in [0.1, 0.15) is 18.0 Å². The highest BCUT2D eigenvalue weighted by atomic mass is 32.1. The molecule has 27 heavy (non-hydrogen) atoms. The van der Waals surface area contributed by atoms with Gasteiger partial charge in [0.2, 0.25) is 0 Å². The van der Waals surface area contributed by atoms with Crippen LogP contribution in [0.4, 0.5) is 11.6 Å². The van der Waals surface area contributed by atoms with E-state index in [-0.39, 0.29) is 6.10 Å². The number of ether oxygens (including phenoxy) is 2. The van der Waals surface area contributed by atoms with Crippen molar-refractivity contribution in [1.82, 2.24) is 14.9 Å². The predicted molar refractivity (Wildman–Crippen MR) is 109 cm³/mol. The largest absolute Gasteiger partial charge is 0.380 e. The third-order valence-corrected chi connectivity index (χ3v) is 5.68. The minimum atomic E-state index is 0.242. The lowest BCUT2D eigenvalue weighted by molar-refractivity contribution is 0.117. The number of thiophene rings is 1. The molecule has 2 atom stereocenters. The van der Waals surface area contributed by atoms with Crippen molar-refractivity contribution in [2.24, 2.45) is 0 Å². The van der Waals surface area contributed by atoms with Crippen molar-refractivity contribution in [3.63, 3.8) is 0 Å². The molecule has 148 valence electrons. The summed E-state index contributed by atoms with van der Waals surface area (Å²) in [6.45, 7) is 3.23. The van der Waals surface area contributed by atoms with Crippen LogP contribution in [0.3, 0.4) is 0 Å². The van der Waals surface area contributed by atoms with E-state index in [9.17, 15) is 0 Å². The molecule has 2 aromatic heterocycles. The van der Waals surface area contributed by atoms with Gasteiger partial charge in [-0.3, -0.25) is 0 Å². The molecule has 1 aliphatic heterocycles.